The average Bonchev–Trinajstić information content (AvgIpc) is 2.55. The predicted octanol–water partition coefficient (Wildman–Crippen LogP) is 4.11. The van der Waals surface area contributed by atoms with E-state index in [0.29, 0.717) is 0 Å². The lowest BCUT2D eigenvalue weighted by Crippen LogP contribution is -2.39. The van der Waals surface area contributed by atoms with Gasteiger partial charge < -0.3 is 5.11 Å². The molecule has 2 aromatic carbocycles. The summed E-state index contributed by atoms with van der Waals surface area (Å²) in [6, 6.07) is 18.4. The molecule has 2 aromatic rings. The highest BCUT2D eigenvalue weighted by Crippen LogP contribution is 2.20. The third kappa shape index (κ3) is 4.67. The van der Waals surface area contributed by atoms with Crippen LogP contribution in [-0.4, -0.2) is 22.0 Å². The Morgan fingerprint density at radius 2 is 1.61 bits per heavy atom. The summed E-state index contributed by atoms with van der Waals surface area (Å²) in [5.74, 6) is -1.16. The highest BCUT2D eigenvalue weighted by Gasteiger charge is 2.25. The number of rotatable bonds is 7. The van der Waals surface area contributed by atoms with Crippen LogP contribution in [0.3, 0.4) is 0 Å². The van der Waals surface area contributed by atoms with Crippen molar-refractivity contribution in [1.29, 1.82) is 0 Å². The molecule has 0 saturated heterocycles. The van der Waals surface area contributed by atoms with Crippen LogP contribution in [0.4, 0.5) is 0 Å². The summed E-state index contributed by atoms with van der Waals surface area (Å²) in [5.41, 5.74) is 3.68. The summed E-state index contributed by atoms with van der Waals surface area (Å²) in [6.07, 6.45) is 0. The maximum Gasteiger partial charge on any atom is 0.307 e. The van der Waals surface area contributed by atoms with Gasteiger partial charge in [-0.15, -0.1) is 0 Å². The molecule has 0 spiro atoms. The van der Waals surface area contributed by atoms with Gasteiger partial charge in [0.15, 0.2) is 0 Å². The van der Waals surface area contributed by atoms with Crippen molar-refractivity contribution in [1.82, 2.24) is 4.90 Å². The molecule has 0 radical (unpaired) electrons. The van der Waals surface area contributed by atoms with Crippen molar-refractivity contribution >= 4 is 5.97 Å². The topological polar surface area (TPSA) is 40.5 Å². The summed E-state index contributed by atoms with van der Waals surface area (Å²) in [5, 5.41) is 9.36. The van der Waals surface area contributed by atoms with E-state index in [1.54, 1.807) is 6.92 Å². The van der Waals surface area contributed by atoms with Crippen molar-refractivity contribution in [2.45, 2.75) is 39.9 Å². The van der Waals surface area contributed by atoms with E-state index in [1.807, 2.05) is 37.3 Å². The second-order valence-corrected chi connectivity index (χ2v) is 6.18. The quantitative estimate of drug-likeness (QED) is 0.836. The zero-order chi connectivity index (χ0) is 16.8. The van der Waals surface area contributed by atoms with E-state index in [9.17, 15) is 9.90 Å². The van der Waals surface area contributed by atoms with Gasteiger partial charge in [-0.3, -0.25) is 9.69 Å². The van der Waals surface area contributed by atoms with Crippen LogP contribution in [-0.2, 0) is 17.9 Å². The van der Waals surface area contributed by atoms with Crippen LogP contribution in [0, 0.1) is 12.8 Å². The molecule has 0 fully saturated rings. The second kappa shape index (κ2) is 7.93. The minimum absolute atomic E-state index is 0.0488. The second-order valence-electron chi connectivity index (χ2n) is 6.18. The molecule has 0 aliphatic heterocycles. The Balaban J connectivity index is 2.23. The zero-order valence-electron chi connectivity index (χ0n) is 14.1. The van der Waals surface area contributed by atoms with Gasteiger partial charge in [0.05, 0.1) is 5.92 Å². The van der Waals surface area contributed by atoms with Crippen molar-refractivity contribution in [3.05, 3.63) is 71.3 Å². The fraction of sp³-hybridized carbons (Fsp3) is 0.350. The maximum atomic E-state index is 11.4. The highest BCUT2D eigenvalue weighted by atomic mass is 16.4. The number of carboxylic acid groups (broad SMARTS) is 1. The highest BCUT2D eigenvalue weighted by molar-refractivity contribution is 5.70. The van der Waals surface area contributed by atoms with Crippen molar-refractivity contribution in [2.75, 3.05) is 0 Å². The van der Waals surface area contributed by atoms with Crippen molar-refractivity contribution in [3.63, 3.8) is 0 Å². The van der Waals surface area contributed by atoms with Crippen molar-refractivity contribution in [2.24, 2.45) is 5.92 Å². The third-order valence-electron chi connectivity index (χ3n) is 4.55. The van der Waals surface area contributed by atoms with Gasteiger partial charge in [0.25, 0.3) is 0 Å². The number of carbonyl (C=O) groups is 1. The molecule has 0 aliphatic rings. The average molecular weight is 311 g/mol. The minimum atomic E-state index is -0.750. The molecule has 122 valence electrons. The number of aliphatic carboxylic acids is 1. The largest absolute Gasteiger partial charge is 0.481 e. The first-order valence-electron chi connectivity index (χ1n) is 8.04. The molecule has 0 aromatic heterocycles. The Morgan fingerprint density at radius 1 is 1.00 bits per heavy atom. The maximum absolute atomic E-state index is 11.4. The standard InChI is InChI=1S/C20H25NO2/c1-15-9-7-8-12-19(15)14-21(17(3)16(2)20(22)23)13-18-10-5-4-6-11-18/h4-12,16-17H,13-14H2,1-3H3,(H,22,23)/t16-,17-/m0/s1. The zero-order valence-corrected chi connectivity index (χ0v) is 14.1. The fourth-order valence-corrected chi connectivity index (χ4v) is 2.69. The molecule has 0 bridgehead atoms. The molecule has 0 heterocycles. The molecule has 0 amide bonds. The van der Waals surface area contributed by atoms with Gasteiger partial charge in [-0.1, -0.05) is 61.5 Å². The Hall–Kier alpha value is -2.13. The molecule has 1 N–H and O–H groups in total. The van der Waals surface area contributed by atoms with Gasteiger partial charge in [0.2, 0.25) is 0 Å². The lowest BCUT2D eigenvalue weighted by Gasteiger charge is -2.32. The summed E-state index contributed by atoms with van der Waals surface area (Å²) in [7, 11) is 0. The van der Waals surface area contributed by atoms with Gasteiger partial charge in [-0.05, 0) is 30.5 Å². The molecule has 2 rings (SSSR count). The van der Waals surface area contributed by atoms with Gasteiger partial charge in [-0.25, -0.2) is 0 Å². The number of carboxylic acids is 1. The van der Waals surface area contributed by atoms with Crippen molar-refractivity contribution in [3.8, 4) is 0 Å². The fourth-order valence-electron chi connectivity index (χ4n) is 2.69. The number of aryl methyl sites for hydroxylation is 1. The van der Waals surface area contributed by atoms with Crippen LogP contribution < -0.4 is 0 Å². The van der Waals surface area contributed by atoms with Crippen LogP contribution in [0.25, 0.3) is 0 Å². The monoisotopic (exact) mass is 311 g/mol. The third-order valence-corrected chi connectivity index (χ3v) is 4.55. The van der Waals surface area contributed by atoms with Crippen LogP contribution in [0.1, 0.15) is 30.5 Å². The van der Waals surface area contributed by atoms with Crippen LogP contribution in [0.15, 0.2) is 54.6 Å². The molecular weight excluding hydrogens is 286 g/mol. The Bertz CT molecular complexity index is 639. The Kier molecular flexibility index (Phi) is 5.94. The van der Waals surface area contributed by atoms with E-state index in [0.717, 1.165) is 13.1 Å². The normalized spacial score (nSPS) is 13.7. The van der Waals surface area contributed by atoms with Gasteiger partial charge in [0.1, 0.15) is 0 Å². The first-order valence-corrected chi connectivity index (χ1v) is 8.04. The number of nitrogens with zero attached hydrogens (tertiary/aromatic N) is 1. The predicted molar refractivity (Wildman–Crippen MR) is 93.1 cm³/mol. The van der Waals surface area contributed by atoms with E-state index in [4.69, 9.17) is 0 Å². The molecule has 3 heteroatoms. The lowest BCUT2D eigenvalue weighted by atomic mass is 9.99. The Morgan fingerprint density at radius 3 is 2.22 bits per heavy atom. The minimum Gasteiger partial charge on any atom is -0.481 e. The number of hydrogen-bond acceptors (Lipinski definition) is 2. The van der Waals surface area contributed by atoms with E-state index in [2.05, 4.69) is 36.1 Å². The summed E-state index contributed by atoms with van der Waals surface area (Å²) >= 11 is 0. The summed E-state index contributed by atoms with van der Waals surface area (Å²) < 4.78 is 0. The molecule has 3 nitrogen and oxygen atoms in total. The smallest absolute Gasteiger partial charge is 0.307 e. The lowest BCUT2D eigenvalue weighted by molar-refractivity contribution is -0.143. The molecule has 23 heavy (non-hydrogen) atoms. The molecule has 0 unspecified atom stereocenters. The molecule has 0 saturated carbocycles. The summed E-state index contributed by atoms with van der Waals surface area (Å²) in [6.45, 7) is 7.37. The summed E-state index contributed by atoms with van der Waals surface area (Å²) in [4.78, 5) is 13.6. The van der Waals surface area contributed by atoms with Gasteiger partial charge >= 0.3 is 5.97 Å². The number of benzene rings is 2. The molecule has 2 atom stereocenters. The van der Waals surface area contributed by atoms with Crippen molar-refractivity contribution < 1.29 is 9.90 Å². The van der Waals surface area contributed by atoms with Crippen LogP contribution in [0.5, 0.6) is 0 Å². The first-order chi connectivity index (χ1) is 11.0. The molecule has 0 aliphatic carbocycles. The van der Waals surface area contributed by atoms with E-state index >= 15 is 0 Å². The van der Waals surface area contributed by atoms with E-state index in [-0.39, 0.29) is 6.04 Å². The SMILES string of the molecule is Cc1ccccc1CN(Cc1ccccc1)[C@@H](C)[C@H](C)C(=O)O. The van der Waals surface area contributed by atoms with E-state index < -0.39 is 11.9 Å². The molecular formula is C20H25NO2. The van der Waals surface area contributed by atoms with Crippen LogP contribution >= 0.6 is 0 Å². The van der Waals surface area contributed by atoms with E-state index in [1.165, 1.54) is 16.7 Å². The van der Waals surface area contributed by atoms with Gasteiger partial charge in [-0.2, -0.15) is 0 Å². The number of hydrogen-bond donors (Lipinski definition) is 1. The Labute approximate surface area is 138 Å². The first kappa shape index (κ1) is 17.2. The van der Waals surface area contributed by atoms with Crippen LogP contribution in [0.2, 0.25) is 0 Å². The van der Waals surface area contributed by atoms with Gasteiger partial charge in [0, 0.05) is 19.1 Å².